The van der Waals surface area contributed by atoms with Crippen molar-refractivity contribution in [1.82, 2.24) is 5.43 Å². The Morgan fingerprint density at radius 3 is 3.00 bits per heavy atom. The van der Waals surface area contributed by atoms with E-state index in [1.54, 1.807) is 25.3 Å². The zero-order chi connectivity index (χ0) is 14.5. The van der Waals surface area contributed by atoms with Crippen LogP contribution in [0.1, 0.15) is 43.0 Å². The van der Waals surface area contributed by atoms with Gasteiger partial charge in [-0.2, -0.15) is 5.10 Å². The van der Waals surface area contributed by atoms with Crippen LogP contribution in [0.4, 0.5) is 0 Å². The van der Waals surface area contributed by atoms with Crippen LogP contribution in [0.15, 0.2) is 23.3 Å². The second kappa shape index (κ2) is 7.06. The maximum absolute atomic E-state index is 12.1. The Hall–Kier alpha value is -1.11. The average molecular weight is 386 g/mol. The van der Waals surface area contributed by atoms with Crippen molar-refractivity contribution in [3.8, 4) is 5.75 Å². The molecule has 0 heterocycles. The third-order valence-electron chi connectivity index (χ3n) is 3.66. The van der Waals surface area contributed by atoms with Crippen molar-refractivity contribution in [2.75, 3.05) is 7.11 Å². The molecule has 1 aromatic carbocycles. The Bertz CT molecular complexity index is 529. The molecule has 1 aromatic rings. The van der Waals surface area contributed by atoms with Crippen molar-refractivity contribution in [2.24, 2.45) is 11.0 Å². The van der Waals surface area contributed by atoms with E-state index in [-0.39, 0.29) is 5.91 Å². The maximum Gasteiger partial charge on any atom is 0.271 e. The number of rotatable bonds is 4. The lowest BCUT2D eigenvalue weighted by Gasteiger charge is -2.08. The van der Waals surface area contributed by atoms with Gasteiger partial charge in [-0.3, -0.25) is 4.79 Å². The van der Waals surface area contributed by atoms with Crippen LogP contribution in [0.3, 0.4) is 0 Å². The number of carbonyl (C=O) groups excluding carboxylic acids is 1. The monoisotopic (exact) mass is 386 g/mol. The van der Waals surface area contributed by atoms with Gasteiger partial charge in [0, 0.05) is 11.3 Å². The first-order valence-corrected chi connectivity index (χ1v) is 7.94. The number of benzene rings is 1. The van der Waals surface area contributed by atoms with E-state index in [2.05, 4.69) is 40.0 Å². The minimum absolute atomic E-state index is 0.167. The summed E-state index contributed by atoms with van der Waals surface area (Å²) in [5, 5.41) is 4.31. The summed E-state index contributed by atoms with van der Waals surface area (Å²) >= 11 is 2.15. The Balaban J connectivity index is 2.05. The Morgan fingerprint density at radius 1 is 1.55 bits per heavy atom. The van der Waals surface area contributed by atoms with Crippen molar-refractivity contribution in [3.05, 3.63) is 27.3 Å². The third kappa shape index (κ3) is 3.50. The second-order valence-electron chi connectivity index (χ2n) is 4.89. The molecule has 4 nitrogen and oxygen atoms in total. The van der Waals surface area contributed by atoms with Gasteiger partial charge >= 0.3 is 0 Å². The highest BCUT2D eigenvalue weighted by Crippen LogP contribution is 2.25. The fraction of sp³-hybridized carbons (Fsp3) is 0.467. The number of ether oxygens (including phenoxy) is 1. The smallest absolute Gasteiger partial charge is 0.271 e. The number of hydrogen-bond donors (Lipinski definition) is 1. The number of halogens is 1. The predicted octanol–water partition coefficient (Wildman–Crippen LogP) is 3.60. The average Bonchev–Trinajstić information content (AvgIpc) is 2.92. The van der Waals surface area contributed by atoms with Gasteiger partial charge < -0.3 is 4.74 Å². The maximum atomic E-state index is 12.1. The lowest BCUT2D eigenvalue weighted by molar-refractivity contribution is 0.0954. The van der Waals surface area contributed by atoms with Gasteiger partial charge in [-0.05, 0) is 72.4 Å². The first-order chi connectivity index (χ1) is 9.65. The number of nitrogens with zero attached hydrogens (tertiary/aromatic N) is 1. The van der Waals surface area contributed by atoms with Crippen molar-refractivity contribution in [2.45, 2.75) is 32.6 Å². The van der Waals surface area contributed by atoms with Gasteiger partial charge in [0.25, 0.3) is 5.91 Å². The number of hydrazone groups is 1. The van der Waals surface area contributed by atoms with E-state index >= 15 is 0 Å². The van der Waals surface area contributed by atoms with Crippen LogP contribution in [-0.4, -0.2) is 18.7 Å². The standard InChI is InChI=1S/C15H19IN2O2/c1-3-10-5-4-6-13(10)17-18-15(19)11-7-8-14(20-2)12(16)9-11/h7-10H,3-6H2,1-2H3,(H,18,19)/b17-13+. The van der Waals surface area contributed by atoms with Crippen LogP contribution in [-0.2, 0) is 0 Å². The summed E-state index contributed by atoms with van der Waals surface area (Å²) in [5.41, 5.74) is 4.41. The van der Waals surface area contributed by atoms with Crippen LogP contribution in [0, 0.1) is 9.49 Å². The van der Waals surface area contributed by atoms with Gasteiger partial charge in [0.05, 0.1) is 10.7 Å². The molecule has 1 atom stereocenters. The molecule has 0 aliphatic heterocycles. The summed E-state index contributed by atoms with van der Waals surface area (Å²) in [7, 11) is 1.62. The van der Waals surface area contributed by atoms with Gasteiger partial charge in [0.15, 0.2) is 0 Å². The summed E-state index contributed by atoms with van der Waals surface area (Å²) in [5.74, 6) is 1.14. The minimum Gasteiger partial charge on any atom is -0.496 e. The number of amides is 1. The number of methoxy groups -OCH3 is 1. The minimum atomic E-state index is -0.167. The molecule has 1 amide bonds. The lowest BCUT2D eigenvalue weighted by atomic mass is 10.0. The number of carbonyl (C=O) groups is 1. The first-order valence-electron chi connectivity index (χ1n) is 6.86. The predicted molar refractivity (Wildman–Crippen MR) is 88.2 cm³/mol. The molecule has 108 valence electrons. The molecular formula is C15H19IN2O2. The Kier molecular flexibility index (Phi) is 5.39. The molecule has 20 heavy (non-hydrogen) atoms. The second-order valence-corrected chi connectivity index (χ2v) is 6.05. The Labute approximate surface area is 133 Å². The van der Waals surface area contributed by atoms with Crippen molar-refractivity contribution < 1.29 is 9.53 Å². The topological polar surface area (TPSA) is 50.7 Å². The van der Waals surface area contributed by atoms with Crippen LogP contribution < -0.4 is 10.2 Å². The summed E-state index contributed by atoms with van der Waals surface area (Å²) in [6.07, 6.45) is 4.45. The normalized spacial score (nSPS) is 20.1. The highest BCUT2D eigenvalue weighted by molar-refractivity contribution is 14.1. The van der Waals surface area contributed by atoms with Gasteiger partial charge in [0.2, 0.25) is 0 Å². The number of hydrogen-bond acceptors (Lipinski definition) is 3. The van der Waals surface area contributed by atoms with Crippen LogP contribution in [0.5, 0.6) is 5.75 Å². The zero-order valence-electron chi connectivity index (χ0n) is 11.8. The largest absolute Gasteiger partial charge is 0.496 e. The van der Waals surface area contributed by atoms with E-state index in [1.807, 2.05) is 0 Å². The zero-order valence-corrected chi connectivity index (χ0v) is 13.9. The molecule has 0 bridgehead atoms. The van der Waals surface area contributed by atoms with E-state index in [1.165, 1.54) is 12.8 Å². The van der Waals surface area contributed by atoms with Gasteiger partial charge in [-0.15, -0.1) is 0 Å². The highest BCUT2D eigenvalue weighted by atomic mass is 127. The van der Waals surface area contributed by atoms with E-state index in [4.69, 9.17) is 4.74 Å². The third-order valence-corrected chi connectivity index (χ3v) is 4.51. The molecule has 1 aliphatic carbocycles. The summed E-state index contributed by atoms with van der Waals surface area (Å²) in [6, 6.07) is 5.36. The van der Waals surface area contributed by atoms with E-state index in [0.29, 0.717) is 11.5 Å². The molecule has 1 fully saturated rings. The van der Waals surface area contributed by atoms with Gasteiger partial charge in [0.1, 0.15) is 5.75 Å². The highest BCUT2D eigenvalue weighted by Gasteiger charge is 2.21. The molecule has 5 heteroatoms. The Morgan fingerprint density at radius 2 is 2.35 bits per heavy atom. The van der Waals surface area contributed by atoms with Gasteiger partial charge in [-0.25, -0.2) is 5.43 Å². The molecule has 1 unspecified atom stereocenters. The van der Waals surface area contributed by atoms with Crippen molar-refractivity contribution in [1.29, 1.82) is 0 Å². The molecule has 0 spiro atoms. The first kappa shape index (κ1) is 15.3. The van der Waals surface area contributed by atoms with Crippen LogP contribution in [0.2, 0.25) is 0 Å². The van der Waals surface area contributed by atoms with Crippen molar-refractivity contribution in [3.63, 3.8) is 0 Å². The quantitative estimate of drug-likeness (QED) is 0.635. The molecule has 0 saturated heterocycles. The fourth-order valence-electron chi connectivity index (χ4n) is 2.48. The SMILES string of the molecule is CCC1CCC/C1=N\NC(=O)c1ccc(OC)c(I)c1. The van der Waals surface area contributed by atoms with E-state index in [0.717, 1.165) is 27.9 Å². The summed E-state index contributed by atoms with van der Waals surface area (Å²) < 4.78 is 6.10. The molecule has 1 saturated carbocycles. The molecule has 2 rings (SSSR count). The van der Waals surface area contributed by atoms with E-state index < -0.39 is 0 Å². The van der Waals surface area contributed by atoms with Crippen molar-refractivity contribution >= 4 is 34.2 Å². The van der Waals surface area contributed by atoms with Crippen LogP contribution in [0.25, 0.3) is 0 Å². The fourth-order valence-corrected chi connectivity index (χ4v) is 3.22. The molecule has 1 N–H and O–H groups in total. The molecular weight excluding hydrogens is 367 g/mol. The number of nitrogens with one attached hydrogen (secondary N) is 1. The summed E-state index contributed by atoms with van der Waals surface area (Å²) in [4.78, 5) is 12.1. The molecule has 0 radical (unpaired) electrons. The lowest BCUT2D eigenvalue weighted by Crippen LogP contribution is -2.21. The molecule has 0 aromatic heterocycles. The summed E-state index contributed by atoms with van der Waals surface area (Å²) in [6.45, 7) is 2.17. The van der Waals surface area contributed by atoms with E-state index in [9.17, 15) is 4.79 Å². The van der Waals surface area contributed by atoms with Crippen LogP contribution >= 0.6 is 22.6 Å². The van der Waals surface area contributed by atoms with Gasteiger partial charge in [-0.1, -0.05) is 6.92 Å². The molecule has 1 aliphatic rings.